The number of nitriles is 1. The van der Waals surface area contributed by atoms with E-state index < -0.39 is 0 Å². The highest BCUT2D eigenvalue weighted by Gasteiger charge is 2.01. The van der Waals surface area contributed by atoms with Crippen LogP contribution in [0.2, 0.25) is 0 Å². The summed E-state index contributed by atoms with van der Waals surface area (Å²) in [7, 11) is 0. The summed E-state index contributed by atoms with van der Waals surface area (Å²) in [4.78, 5) is 0. The van der Waals surface area contributed by atoms with Gasteiger partial charge in [-0.2, -0.15) is 30.5 Å². The summed E-state index contributed by atoms with van der Waals surface area (Å²) in [5.74, 6) is 1.02. The molecule has 0 N–H and O–H groups in total. The largest absolute Gasteiger partial charge is 0.198 e. The van der Waals surface area contributed by atoms with Crippen molar-refractivity contribution in [1.29, 1.82) is 5.26 Å². The van der Waals surface area contributed by atoms with E-state index in [1.165, 1.54) is 44.9 Å². The molecule has 0 fully saturated rings. The Labute approximate surface area is 105 Å². The van der Waals surface area contributed by atoms with Gasteiger partial charge in [0.2, 0.25) is 0 Å². The number of thiol groups is 2. The summed E-state index contributed by atoms with van der Waals surface area (Å²) < 4.78 is 0. The van der Waals surface area contributed by atoms with Gasteiger partial charge in [0.1, 0.15) is 0 Å². The minimum absolute atomic E-state index is 0.291. The lowest BCUT2D eigenvalue weighted by molar-refractivity contribution is 0.572. The second-order valence-corrected chi connectivity index (χ2v) is 5.18. The molecule has 0 saturated carbocycles. The summed E-state index contributed by atoms with van der Waals surface area (Å²) in [6.45, 7) is 0. The van der Waals surface area contributed by atoms with Gasteiger partial charge in [-0.3, -0.25) is 0 Å². The Hall–Kier alpha value is 0.190. The lowest BCUT2D eigenvalue weighted by atomic mass is 10.1. The fourth-order valence-corrected chi connectivity index (χ4v) is 2.07. The van der Waals surface area contributed by atoms with Crippen molar-refractivity contribution < 1.29 is 0 Å². The van der Waals surface area contributed by atoms with Crippen molar-refractivity contribution in [2.24, 2.45) is 0 Å². The molecular weight excluding hydrogens is 222 g/mol. The molecule has 3 heteroatoms. The molecule has 0 aliphatic rings. The quantitative estimate of drug-likeness (QED) is 0.436. The van der Waals surface area contributed by atoms with Gasteiger partial charge in [0, 0.05) is 11.7 Å². The van der Waals surface area contributed by atoms with E-state index in [0.717, 1.165) is 12.2 Å². The summed E-state index contributed by atoms with van der Waals surface area (Å²) in [6, 6.07) is 2.16. The molecule has 1 unspecified atom stereocenters. The molecule has 0 aromatic heterocycles. The number of nitrogens with zero attached hydrogens (tertiary/aromatic N) is 1. The molecule has 0 bridgehead atoms. The first-order valence-electron chi connectivity index (χ1n) is 5.97. The van der Waals surface area contributed by atoms with E-state index in [1.807, 2.05) is 0 Å². The van der Waals surface area contributed by atoms with Crippen LogP contribution in [0, 0.1) is 11.3 Å². The van der Waals surface area contributed by atoms with Gasteiger partial charge in [0.25, 0.3) is 0 Å². The summed E-state index contributed by atoms with van der Waals surface area (Å²) >= 11 is 8.54. The van der Waals surface area contributed by atoms with Gasteiger partial charge in [-0.1, -0.05) is 38.5 Å². The topological polar surface area (TPSA) is 23.8 Å². The first-order chi connectivity index (χ1) is 7.31. The van der Waals surface area contributed by atoms with E-state index in [1.54, 1.807) is 0 Å². The van der Waals surface area contributed by atoms with E-state index in [2.05, 4.69) is 31.3 Å². The number of unbranched alkanes of at least 4 members (excludes halogenated alkanes) is 6. The molecule has 0 saturated heterocycles. The highest BCUT2D eigenvalue weighted by Crippen LogP contribution is 2.13. The average molecular weight is 245 g/mol. The monoisotopic (exact) mass is 245 g/mol. The van der Waals surface area contributed by atoms with Gasteiger partial charge in [-0.15, -0.1) is 0 Å². The summed E-state index contributed by atoms with van der Waals surface area (Å²) in [5.41, 5.74) is 0. The molecule has 0 spiro atoms. The van der Waals surface area contributed by atoms with Gasteiger partial charge in [-0.05, 0) is 18.6 Å². The van der Waals surface area contributed by atoms with Crippen molar-refractivity contribution in [3.8, 4) is 6.07 Å². The van der Waals surface area contributed by atoms with E-state index in [0.29, 0.717) is 11.7 Å². The van der Waals surface area contributed by atoms with Crippen LogP contribution in [0.3, 0.4) is 0 Å². The Morgan fingerprint density at radius 3 is 2.00 bits per heavy atom. The zero-order valence-electron chi connectivity index (χ0n) is 9.49. The van der Waals surface area contributed by atoms with Crippen molar-refractivity contribution in [1.82, 2.24) is 0 Å². The van der Waals surface area contributed by atoms with Gasteiger partial charge < -0.3 is 0 Å². The number of hydrogen-bond acceptors (Lipinski definition) is 3. The van der Waals surface area contributed by atoms with E-state index in [-0.39, 0.29) is 0 Å². The van der Waals surface area contributed by atoms with Gasteiger partial charge in [0.15, 0.2) is 0 Å². The smallest absolute Gasteiger partial charge is 0.0633 e. The van der Waals surface area contributed by atoms with Crippen LogP contribution in [-0.4, -0.2) is 11.0 Å². The zero-order valence-corrected chi connectivity index (χ0v) is 11.3. The maximum absolute atomic E-state index is 8.45. The molecule has 0 aromatic rings. The van der Waals surface area contributed by atoms with Gasteiger partial charge in [-0.25, -0.2) is 0 Å². The third-order valence-electron chi connectivity index (χ3n) is 2.52. The molecule has 0 radical (unpaired) electrons. The van der Waals surface area contributed by atoms with Crippen molar-refractivity contribution >= 4 is 25.3 Å². The van der Waals surface area contributed by atoms with E-state index in [9.17, 15) is 0 Å². The van der Waals surface area contributed by atoms with Crippen LogP contribution in [0.1, 0.15) is 57.8 Å². The third-order valence-corrected chi connectivity index (χ3v) is 3.28. The molecule has 0 aliphatic carbocycles. The first kappa shape index (κ1) is 15.2. The molecule has 0 amide bonds. The third kappa shape index (κ3) is 12.1. The van der Waals surface area contributed by atoms with Crippen molar-refractivity contribution in [2.45, 2.75) is 63.0 Å². The molecule has 0 aliphatic heterocycles. The van der Waals surface area contributed by atoms with Crippen LogP contribution in [0.4, 0.5) is 0 Å². The predicted molar refractivity (Wildman–Crippen MR) is 73.8 cm³/mol. The van der Waals surface area contributed by atoms with Crippen molar-refractivity contribution in [2.75, 3.05) is 5.75 Å². The zero-order chi connectivity index (χ0) is 11.4. The van der Waals surface area contributed by atoms with Gasteiger partial charge >= 0.3 is 0 Å². The van der Waals surface area contributed by atoms with Crippen LogP contribution < -0.4 is 0 Å². The standard InChI is InChI=1S/C12H23NS2/c13-10-9-12(15)8-6-4-2-1-3-5-7-11-14/h12,14-15H,1-9,11H2. The van der Waals surface area contributed by atoms with Gasteiger partial charge in [0.05, 0.1) is 6.07 Å². The minimum Gasteiger partial charge on any atom is -0.198 e. The molecule has 0 aromatic carbocycles. The molecule has 1 nitrogen and oxygen atoms in total. The van der Waals surface area contributed by atoms with E-state index in [4.69, 9.17) is 5.26 Å². The Bertz CT molecular complexity index is 165. The fraction of sp³-hybridized carbons (Fsp3) is 0.917. The summed E-state index contributed by atoms with van der Waals surface area (Å²) in [6.07, 6.45) is 10.8. The lowest BCUT2D eigenvalue weighted by Gasteiger charge is -2.05. The normalized spacial score (nSPS) is 12.3. The maximum atomic E-state index is 8.45. The molecule has 0 heterocycles. The van der Waals surface area contributed by atoms with Crippen LogP contribution >= 0.6 is 25.3 Å². The van der Waals surface area contributed by atoms with Crippen molar-refractivity contribution in [3.63, 3.8) is 0 Å². The lowest BCUT2D eigenvalue weighted by Crippen LogP contribution is -1.96. The average Bonchev–Trinajstić information content (AvgIpc) is 2.22. The molecule has 15 heavy (non-hydrogen) atoms. The van der Waals surface area contributed by atoms with Crippen LogP contribution in [-0.2, 0) is 0 Å². The highest BCUT2D eigenvalue weighted by molar-refractivity contribution is 7.81. The maximum Gasteiger partial charge on any atom is 0.0633 e. The molecule has 88 valence electrons. The molecule has 1 atom stereocenters. The second kappa shape index (κ2) is 12.3. The highest BCUT2D eigenvalue weighted by atomic mass is 32.1. The Morgan fingerprint density at radius 2 is 1.47 bits per heavy atom. The Kier molecular flexibility index (Phi) is 12.4. The van der Waals surface area contributed by atoms with Crippen molar-refractivity contribution in [3.05, 3.63) is 0 Å². The second-order valence-electron chi connectivity index (χ2n) is 4.00. The first-order valence-corrected chi connectivity index (χ1v) is 7.12. The predicted octanol–water partition coefficient (Wildman–Crippen LogP) is 4.25. The summed E-state index contributed by atoms with van der Waals surface area (Å²) in [5, 5.41) is 8.75. The Balaban J connectivity index is 3.02. The fourth-order valence-electron chi connectivity index (χ4n) is 1.58. The number of rotatable bonds is 10. The SMILES string of the molecule is N#CCC(S)CCCCCCCCCS. The minimum atomic E-state index is 0.291. The molecular formula is C12H23NS2. The Morgan fingerprint density at radius 1 is 0.933 bits per heavy atom. The van der Waals surface area contributed by atoms with E-state index >= 15 is 0 Å². The van der Waals surface area contributed by atoms with Crippen LogP contribution in [0.15, 0.2) is 0 Å². The van der Waals surface area contributed by atoms with Crippen LogP contribution in [0.5, 0.6) is 0 Å². The molecule has 0 rings (SSSR count). The number of hydrogen-bond donors (Lipinski definition) is 2. The van der Waals surface area contributed by atoms with Crippen LogP contribution in [0.25, 0.3) is 0 Å².